The van der Waals surface area contributed by atoms with Gasteiger partial charge in [0.15, 0.2) is 0 Å². The van der Waals surface area contributed by atoms with Crippen LogP contribution in [0, 0.1) is 0 Å². The van der Waals surface area contributed by atoms with Crippen LogP contribution in [0.25, 0.3) is 0 Å². The van der Waals surface area contributed by atoms with Gasteiger partial charge in [-0.2, -0.15) is 0 Å². The van der Waals surface area contributed by atoms with E-state index in [1.165, 1.54) is 0 Å². The van der Waals surface area contributed by atoms with Crippen molar-refractivity contribution in [2.24, 2.45) is 5.16 Å². The Kier molecular flexibility index (Phi) is 1.70. The highest BCUT2D eigenvalue weighted by atomic mass is 79.9. The predicted octanol–water partition coefficient (Wildman–Crippen LogP) is 0.568. The van der Waals surface area contributed by atoms with E-state index in [1.54, 1.807) is 0 Å². The Balaban J connectivity index is 2.47. The predicted molar refractivity (Wildman–Crippen MR) is 33.5 cm³/mol. The molecule has 1 heterocycles. The zero-order chi connectivity index (χ0) is 6.85. The molecular formula is C4H4BrNO3. The molecule has 0 amide bonds. The van der Waals surface area contributed by atoms with Crippen LogP contribution in [0.15, 0.2) is 5.16 Å². The van der Waals surface area contributed by atoms with Crippen LogP contribution in [0.5, 0.6) is 0 Å². The van der Waals surface area contributed by atoms with E-state index in [0.29, 0.717) is 11.0 Å². The van der Waals surface area contributed by atoms with Crippen molar-refractivity contribution in [1.82, 2.24) is 0 Å². The first-order valence-corrected chi connectivity index (χ1v) is 3.10. The molecule has 1 N–H and O–H groups in total. The van der Waals surface area contributed by atoms with Crippen LogP contribution in [0.2, 0.25) is 0 Å². The van der Waals surface area contributed by atoms with Crippen molar-refractivity contribution in [2.75, 3.05) is 0 Å². The van der Waals surface area contributed by atoms with Crippen LogP contribution in [0.3, 0.4) is 0 Å². The highest BCUT2D eigenvalue weighted by molar-refractivity contribution is 9.18. The van der Waals surface area contributed by atoms with E-state index >= 15 is 0 Å². The normalized spacial score (nSPS) is 25.0. The molecule has 1 aliphatic heterocycles. The van der Waals surface area contributed by atoms with Crippen molar-refractivity contribution in [3.63, 3.8) is 0 Å². The fourth-order valence-electron chi connectivity index (χ4n) is 0.481. The quantitative estimate of drug-likeness (QED) is 0.663. The number of carboxylic acids is 1. The Hall–Kier alpha value is -0.580. The van der Waals surface area contributed by atoms with Crippen LogP contribution in [-0.4, -0.2) is 21.8 Å². The highest BCUT2D eigenvalue weighted by Gasteiger charge is 2.25. The van der Waals surface area contributed by atoms with Crippen molar-refractivity contribution in [3.8, 4) is 0 Å². The number of carbonyl (C=O) groups is 1. The van der Waals surface area contributed by atoms with Crippen LogP contribution >= 0.6 is 15.9 Å². The first-order chi connectivity index (χ1) is 4.20. The molecular weight excluding hydrogens is 190 g/mol. The summed E-state index contributed by atoms with van der Waals surface area (Å²) >= 11 is 3.01. The van der Waals surface area contributed by atoms with E-state index in [1.807, 2.05) is 0 Å². The number of aliphatic carboxylic acids is 1. The third-order valence-corrected chi connectivity index (χ3v) is 1.38. The number of rotatable bonds is 1. The van der Waals surface area contributed by atoms with E-state index in [9.17, 15) is 4.79 Å². The van der Waals surface area contributed by atoms with E-state index in [2.05, 4.69) is 25.9 Å². The maximum Gasteiger partial charge on any atom is 0.348 e. The molecule has 0 radical (unpaired) electrons. The summed E-state index contributed by atoms with van der Waals surface area (Å²) in [4.78, 5) is 14.6. The van der Waals surface area contributed by atoms with Gasteiger partial charge in [-0.25, -0.2) is 4.79 Å². The third-order valence-electron chi connectivity index (χ3n) is 0.908. The van der Waals surface area contributed by atoms with Gasteiger partial charge in [-0.1, -0.05) is 5.16 Å². The molecule has 1 aliphatic rings. The molecule has 1 unspecified atom stereocenters. The van der Waals surface area contributed by atoms with Gasteiger partial charge in [0, 0.05) is 0 Å². The van der Waals surface area contributed by atoms with Gasteiger partial charge < -0.3 is 9.94 Å². The zero-order valence-corrected chi connectivity index (χ0v) is 5.96. The fraction of sp³-hybridized carbons (Fsp3) is 0.500. The Labute approximate surface area is 59.6 Å². The minimum Gasteiger partial charge on any atom is -0.478 e. The number of halogens is 1. The van der Waals surface area contributed by atoms with Gasteiger partial charge in [0.2, 0.25) is 6.10 Å². The lowest BCUT2D eigenvalue weighted by atomic mass is 10.3. The molecule has 0 aromatic rings. The lowest BCUT2D eigenvalue weighted by molar-refractivity contribution is -0.148. The molecule has 1 atom stereocenters. The molecule has 1 rings (SSSR count). The van der Waals surface area contributed by atoms with Crippen molar-refractivity contribution in [1.29, 1.82) is 0 Å². The summed E-state index contributed by atoms with van der Waals surface area (Å²) in [5, 5.41) is 11.7. The first kappa shape index (κ1) is 6.54. The van der Waals surface area contributed by atoms with Gasteiger partial charge in [-0.3, -0.25) is 0 Å². The Morgan fingerprint density at radius 3 is 2.89 bits per heavy atom. The van der Waals surface area contributed by atoms with Crippen molar-refractivity contribution in [2.45, 2.75) is 12.5 Å². The van der Waals surface area contributed by atoms with E-state index in [-0.39, 0.29) is 0 Å². The third kappa shape index (κ3) is 1.41. The summed E-state index contributed by atoms with van der Waals surface area (Å²) in [6.07, 6.45) is -0.464. The molecule has 0 spiro atoms. The monoisotopic (exact) mass is 193 g/mol. The minimum absolute atomic E-state index is 0.329. The molecule has 0 aromatic heterocycles. The summed E-state index contributed by atoms with van der Waals surface area (Å²) in [6.45, 7) is 0. The summed E-state index contributed by atoms with van der Waals surface area (Å²) in [6, 6.07) is 0. The number of hydrogen-bond acceptors (Lipinski definition) is 3. The van der Waals surface area contributed by atoms with Crippen molar-refractivity contribution < 1.29 is 14.7 Å². The Bertz CT molecular complexity index is 167. The zero-order valence-electron chi connectivity index (χ0n) is 4.37. The standard InChI is InChI=1S/C4H4BrNO3/c5-3-1-2(4(7)8)9-6-3/h2H,1H2,(H,7,8). The number of hydrogen-bond donors (Lipinski definition) is 1. The Morgan fingerprint density at radius 1 is 2.00 bits per heavy atom. The smallest absolute Gasteiger partial charge is 0.348 e. The first-order valence-electron chi connectivity index (χ1n) is 2.31. The molecule has 9 heavy (non-hydrogen) atoms. The molecule has 0 saturated carbocycles. The van der Waals surface area contributed by atoms with Gasteiger partial charge in [0.05, 0.1) is 6.42 Å². The largest absolute Gasteiger partial charge is 0.478 e. The van der Waals surface area contributed by atoms with Crippen molar-refractivity contribution >= 4 is 26.5 Å². The van der Waals surface area contributed by atoms with E-state index < -0.39 is 12.1 Å². The van der Waals surface area contributed by atoms with Crippen LogP contribution in [0.1, 0.15) is 6.42 Å². The van der Waals surface area contributed by atoms with Crippen LogP contribution in [0.4, 0.5) is 0 Å². The van der Waals surface area contributed by atoms with E-state index in [0.717, 1.165) is 0 Å². The highest BCUT2D eigenvalue weighted by Crippen LogP contribution is 2.13. The van der Waals surface area contributed by atoms with Crippen LogP contribution < -0.4 is 0 Å². The second kappa shape index (κ2) is 2.34. The fourth-order valence-corrected chi connectivity index (χ4v) is 0.858. The van der Waals surface area contributed by atoms with Crippen LogP contribution in [-0.2, 0) is 9.63 Å². The maximum absolute atomic E-state index is 10.1. The van der Waals surface area contributed by atoms with Gasteiger partial charge >= 0.3 is 5.97 Å². The van der Waals surface area contributed by atoms with Gasteiger partial charge in [0.25, 0.3) is 0 Å². The van der Waals surface area contributed by atoms with E-state index in [4.69, 9.17) is 5.11 Å². The molecule has 50 valence electrons. The molecule has 0 bridgehead atoms. The van der Waals surface area contributed by atoms with Gasteiger partial charge in [-0.15, -0.1) is 0 Å². The molecule has 0 aliphatic carbocycles. The summed E-state index contributed by atoms with van der Waals surface area (Å²) in [5.41, 5.74) is 0. The SMILES string of the molecule is O=C(O)C1CC(Br)=NO1. The van der Waals surface area contributed by atoms with Crippen molar-refractivity contribution in [3.05, 3.63) is 0 Å². The van der Waals surface area contributed by atoms with Gasteiger partial charge in [0.1, 0.15) is 4.62 Å². The number of oxime groups is 1. The summed E-state index contributed by atoms with van der Waals surface area (Å²) in [5.74, 6) is -0.979. The average molecular weight is 194 g/mol. The second-order valence-electron chi connectivity index (χ2n) is 1.60. The number of nitrogens with zero attached hydrogens (tertiary/aromatic N) is 1. The molecule has 4 nitrogen and oxygen atoms in total. The Morgan fingerprint density at radius 2 is 2.67 bits per heavy atom. The lowest BCUT2D eigenvalue weighted by Gasteiger charge is -1.97. The average Bonchev–Trinajstić information content (AvgIpc) is 2.14. The molecule has 5 heteroatoms. The second-order valence-corrected chi connectivity index (χ2v) is 2.52. The lowest BCUT2D eigenvalue weighted by Crippen LogP contribution is -2.18. The molecule has 0 saturated heterocycles. The number of carboxylic acid groups (broad SMARTS) is 1. The molecule has 0 fully saturated rings. The topological polar surface area (TPSA) is 58.9 Å². The minimum atomic E-state index is -0.979. The summed E-state index contributed by atoms with van der Waals surface area (Å²) in [7, 11) is 0. The summed E-state index contributed by atoms with van der Waals surface area (Å²) < 4.78 is 0.551. The molecule has 0 aromatic carbocycles. The van der Waals surface area contributed by atoms with Gasteiger partial charge in [-0.05, 0) is 15.9 Å². The maximum atomic E-state index is 10.1.